The second-order valence-corrected chi connectivity index (χ2v) is 8.89. The minimum Gasteiger partial charge on any atom is -0.380 e. The van der Waals surface area contributed by atoms with Crippen molar-refractivity contribution in [1.82, 2.24) is 0 Å². The molecule has 33 heavy (non-hydrogen) atoms. The first-order chi connectivity index (χ1) is 16.0. The molecule has 0 saturated carbocycles. The molecule has 4 aromatic carbocycles. The highest BCUT2D eigenvalue weighted by atomic mass is 35.5. The van der Waals surface area contributed by atoms with Gasteiger partial charge in [0.25, 0.3) is 0 Å². The number of hydrogen-bond acceptors (Lipinski definition) is 2. The van der Waals surface area contributed by atoms with Crippen molar-refractivity contribution in [2.75, 3.05) is 10.6 Å². The molecule has 4 aromatic rings. The molecule has 0 aliphatic rings. The molecule has 3 nitrogen and oxygen atoms in total. The van der Waals surface area contributed by atoms with Gasteiger partial charge >= 0.3 is 0 Å². The van der Waals surface area contributed by atoms with Crippen LogP contribution in [-0.4, -0.2) is 10.2 Å². The minimum atomic E-state index is -1.28. The summed E-state index contributed by atoms with van der Waals surface area (Å²) in [6.07, 6.45) is 0.400. The van der Waals surface area contributed by atoms with Crippen LogP contribution in [0.15, 0.2) is 103 Å². The lowest BCUT2D eigenvalue weighted by atomic mass is 9.80. The average Bonchev–Trinajstić information content (AvgIpc) is 2.83. The van der Waals surface area contributed by atoms with Crippen molar-refractivity contribution in [3.63, 3.8) is 0 Å². The highest BCUT2D eigenvalue weighted by molar-refractivity contribution is 7.80. The van der Waals surface area contributed by atoms with Gasteiger partial charge in [0.05, 0.1) is 10.7 Å². The molecule has 0 bridgehead atoms. The third kappa shape index (κ3) is 5.55. The summed E-state index contributed by atoms with van der Waals surface area (Å²) in [6, 6.07) is 32.3. The topological polar surface area (TPSA) is 44.3 Å². The molecule has 0 heterocycles. The number of para-hydroxylation sites is 1. The smallest absolute Gasteiger partial charge is 0.175 e. The van der Waals surface area contributed by atoms with Crippen molar-refractivity contribution in [3.8, 4) is 0 Å². The lowest BCUT2D eigenvalue weighted by Gasteiger charge is -2.32. The number of nitrogens with one attached hydrogen (secondary N) is 2. The Morgan fingerprint density at radius 1 is 0.758 bits per heavy atom. The molecule has 0 radical (unpaired) electrons. The number of rotatable bonds is 6. The van der Waals surface area contributed by atoms with Gasteiger partial charge in [-0.3, -0.25) is 0 Å². The van der Waals surface area contributed by atoms with E-state index >= 15 is 0 Å². The maximum Gasteiger partial charge on any atom is 0.175 e. The molecule has 1 unspecified atom stereocenters. The molecule has 1 atom stereocenters. The van der Waals surface area contributed by atoms with Crippen LogP contribution in [-0.2, 0) is 12.0 Å². The van der Waals surface area contributed by atoms with E-state index in [1.165, 1.54) is 0 Å². The van der Waals surface area contributed by atoms with Crippen molar-refractivity contribution in [3.05, 3.63) is 130 Å². The third-order valence-electron chi connectivity index (χ3n) is 5.35. The monoisotopic (exact) mass is 492 g/mol. The zero-order chi connectivity index (χ0) is 23.3. The van der Waals surface area contributed by atoms with E-state index < -0.39 is 5.60 Å². The number of hydrogen-bond donors (Lipinski definition) is 3. The fraction of sp³-hybridized carbons (Fsp3) is 0.0741. The van der Waals surface area contributed by atoms with Crippen LogP contribution in [0.1, 0.15) is 16.7 Å². The van der Waals surface area contributed by atoms with Gasteiger partial charge in [-0.2, -0.15) is 0 Å². The van der Waals surface area contributed by atoms with E-state index in [2.05, 4.69) is 10.6 Å². The number of thiocarbonyl (C=S) groups is 1. The normalized spacial score (nSPS) is 12.6. The summed E-state index contributed by atoms with van der Waals surface area (Å²) in [5.74, 6) is 0. The van der Waals surface area contributed by atoms with Crippen LogP contribution < -0.4 is 10.6 Å². The largest absolute Gasteiger partial charge is 0.380 e. The van der Waals surface area contributed by atoms with E-state index in [4.69, 9.17) is 35.4 Å². The molecule has 0 aromatic heterocycles. The first-order valence-electron chi connectivity index (χ1n) is 10.4. The van der Waals surface area contributed by atoms with Crippen LogP contribution >= 0.6 is 35.4 Å². The summed E-state index contributed by atoms with van der Waals surface area (Å²) in [4.78, 5) is 0. The molecule has 166 valence electrons. The Hall–Kier alpha value is -2.89. The lowest BCUT2D eigenvalue weighted by molar-refractivity contribution is 0.0819. The molecule has 6 heteroatoms. The maximum atomic E-state index is 12.1. The summed E-state index contributed by atoms with van der Waals surface area (Å²) in [5, 5.41) is 19.8. The Morgan fingerprint density at radius 2 is 1.36 bits per heavy atom. The highest BCUT2D eigenvalue weighted by Gasteiger charge is 2.34. The molecule has 0 saturated heterocycles. The SMILES string of the molecule is OC(Cc1ccccc1)(c1ccccc1)c1ccccc1NC(=S)Nc1cc(Cl)ccc1Cl. The standard InChI is InChI=1S/C27H22Cl2N2OS/c28-21-15-16-23(29)25(17-21)31-26(33)30-24-14-8-7-13-22(24)27(32,20-11-5-2-6-12-20)18-19-9-3-1-4-10-19/h1-17,32H,18H2,(H2,30,31,33). The number of aliphatic hydroxyl groups is 1. The van der Waals surface area contributed by atoms with Crippen molar-refractivity contribution in [1.29, 1.82) is 0 Å². The van der Waals surface area contributed by atoms with Crippen LogP contribution in [0.25, 0.3) is 0 Å². The minimum absolute atomic E-state index is 0.335. The molecule has 0 spiro atoms. The van der Waals surface area contributed by atoms with Crippen molar-refractivity contribution in [2.45, 2.75) is 12.0 Å². The van der Waals surface area contributed by atoms with E-state index in [9.17, 15) is 5.11 Å². The first-order valence-corrected chi connectivity index (χ1v) is 11.6. The van der Waals surface area contributed by atoms with Gasteiger partial charge in [-0.25, -0.2) is 0 Å². The quantitative estimate of drug-likeness (QED) is 0.247. The van der Waals surface area contributed by atoms with E-state index in [0.717, 1.165) is 11.1 Å². The van der Waals surface area contributed by atoms with Crippen LogP contribution in [0, 0.1) is 0 Å². The first kappa shape index (κ1) is 23.3. The summed E-state index contributed by atoms with van der Waals surface area (Å²) >= 11 is 17.9. The molecular weight excluding hydrogens is 471 g/mol. The molecule has 0 amide bonds. The Labute approximate surface area is 209 Å². The van der Waals surface area contributed by atoms with Crippen LogP contribution in [0.4, 0.5) is 11.4 Å². The third-order valence-corrected chi connectivity index (χ3v) is 6.12. The predicted octanol–water partition coefficient (Wildman–Crippen LogP) is 7.28. The van der Waals surface area contributed by atoms with Gasteiger partial charge < -0.3 is 15.7 Å². The highest BCUT2D eigenvalue weighted by Crippen LogP contribution is 2.37. The Kier molecular flexibility index (Phi) is 7.31. The molecule has 4 rings (SSSR count). The second kappa shape index (κ2) is 10.4. The number of anilines is 2. The number of halogens is 2. The predicted molar refractivity (Wildman–Crippen MR) is 142 cm³/mol. The molecule has 0 aliphatic carbocycles. The van der Waals surface area contributed by atoms with Gasteiger partial charge in [0.1, 0.15) is 5.60 Å². The number of benzene rings is 4. The summed E-state index contributed by atoms with van der Waals surface area (Å²) < 4.78 is 0. The van der Waals surface area contributed by atoms with Gasteiger partial charge in [0.15, 0.2) is 5.11 Å². The molecule has 3 N–H and O–H groups in total. The Bertz CT molecular complexity index is 1250. The van der Waals surface area contributed by atoms with Gasteiger partial charge in [0, 0.05) is 22.7 Å². The van der Waals surface area contributed by atoms with Crippen LogP contribution in [0.3, 0.4) is 0 Å². The second-order valence-electron chi connectivity index (χ2n) is 7.64. The summed E-state index contributed by atoms with van der Waals surface area (Å²) in [5.41, 5.74) is 2.53. The Balaban J connectivity index is 1.69. The van der Waals surface area contributed by atoms with Gasteiger partial charge in [-0.15, -0.1) is 0 Å². The Morgan fingerprint density at radius 3 is 2.09 bits per heavy atom. The summed E-state index contributed by atoms with van der Waals surface area (Å²) in [6.45, 7) is 0. The fourth-order valence-corrected chi connectivity index (χ4v) is 4.34. The van der Waals surface area contributed by atoms with Crippen molar-refractivity contribution < 1.29 is 5.11 Å². The van der Waals surface area contributed by atoms with E-state index in [1.807, 2.05) is 84.9 Å². The maximum absolute atomic E-state index is 12.1. The molecule has 0 fully saturated rings. The summed E-state index contributed by atoms with van der Waals surface area (Å²) in [7, 11) is 0. The fourth-order valence-electron chi connectivity index (χ4n) is 3.78. The van der Waals surface area contributed by atoms with E-state index in [0.29, 0.717) is 38.5 Å². The van der Waals surface area contributed by atoms with Crippen LogP contribution in [0.2, 0.25) is 10.0 Å². The average molecular weight is 493 g/mol. The van der Waals surface area contributed by atoms with E-state index in [1.54, 1.807) is 18.2 Å². The van der Waals surface area contributed by atoms with Gasteiger partial charge in [0.2, 0.25) is 0 Å². The van der Waals surface area contributed by atoms with Gasteiger partial charge in [-0.05, 0) is 47.6 Å². The molecule has 0 aliphatic heterocycles. The van der Waals surface area contributed by atoms with E-state index in [-0.39, 0.29) is 0 Å². The van der Waals surface area contributed by atoms with Gasteiger partial charge in [-0.1, -0.05) is 102 Å². The zero-order valence-electron chi connectivity index (χ0n) is 17.6. The zero-order valence-corrected chi connectivity index (χ0v) is 20.0. The lowest BCUT2D eigenvalue weighted by Crippen LogP contribution is -2.32. The van der Waals surface area contributed by atoms with Crippen molar-refractivity contribution >= 4 is 51.9 Å². The van der Waals surface area contributed by atoms with Crippen LogP contribution in [0.5, 0.6) is 0 Å². The van der Waals surface area contributed by atoms with Crippen molar-refractivity contribution in [2.24, 2.45) is 0 Å². The molecular formula is C27H22Cl2N2OS.